The highest BCUT2D eigenvalue weighted by atomic mass is 19.3. The zero-order valence-corrected chi connectivity index (χ0v) is 22.3. The number of nitrogens with zero attached hydrogens (tertiary/aromatic N) is 3. The number of alkyl halides is 2. The molecule has 2 amide bonds. The van der Waals surface area contributed by atoms with Gasteiger partial charge in [-0.1, -0.05) is 24.3 Å². The standard InChI is InChI=1S/C28H32F2N4O5/c1-5-34-23(19-7-6-8-21(15-19)38-26(29)30)16-22(32-34)25(35)31-20-11-9-18(10-12-20)24-17-33(13-14-37-24)27(36)39-28(2,3)4/h6-12,15-16,24,26H,5,13-14,17H2,1-4H3,(H,31,35)/t24-/m1/s1. The van der Waals surface area contributed by atoms with E-state index in [9.17, 15) is 18.4 Å². The Balaban J connectivity index is 1.43. The van der Waals surface area contributed by atoms with Crippen LogP contribution >= 0.6 is 0 Å². The van der Waals surface area contributed by atoms with Crippen molar-refractivity contribution in [1.29, 1.82) is 0 Å². The summed E-state index contributed by atoms with van der Waals surface area (Å²) in [5.41, 5.74) is 2.22. The number of rotatable bonds is 7. The highest BCUT2D eigenvalue weighted by Crippen LogP contribution is 2.27. The number of benzene rings is 2. The first-order valence-corrected chi connectivity index (χ1v) is 12.7. The Labute approximate surface area is 225 Å². The number of amides is 2. The lowest BCUT2D eigenvalue weighted by Crippen LogP contribution is -2.44. The van der Waals surface area contributed by atoms with Crippen LogP contribution in [0.4, 0.5) is 19.3 Å². The molecule has 9 nitrogen and oxygen atoms in total. The monoisotopic (exact) mass is 542 g/mol. The van der Waals surface area contributed by atoms with Crippen molar-refractivity contribution in [3.63, 3.8) is 0 Å². The molecule has 2 aromatic carbocycles. The molecule has 0 unspecified atom stereocenters. The van der Waals surface area contributed by atoms with E-state index in [2.05, 4.69) is 15.2 Å². The summed E-state index contributed by atoms with van der Waals surface area (Å²) in [5.74, 6) is -0.394. The molecule has 1 aliphatic rings. The average Bonchev–Trinajstić information content (AvgIpc) is 3.33. The number of aryl methyl sites for hydroxylation is 1. The Morgan fingerprint density at radius 3 is 2.56 bits per heavy atom. The van der Waals surface area contributed by atoms with Crippen LogP contribution in [0.2, 0.25) is 0 Å². The predicted octanol–water partition coefficient (Wildman–Crippen LogP) is 5.73. The van der Waals surface area contributed by atoms with Crippen molar-refractivity contribution in [3.8, 4) is 17.0 Å². The highest BCUT2D eigenvalue weighted by molar-refractivity contribution is 6.03. The van der Waals surface area contributed by atoms with E-state index in [0.29, 0.717) is 43.2 Å². The van der Waals surface area contributed by atoms with Crippen molar-refractivity contribution in [2.75, 3.05) is 25.0 Å². The van der Waals surface area contributed by atoms with E-state index in [4.69, 9.17) is 9.47 Å². The molecule has 0 spiro atoms. The van der Waals surface area contributed by atoms with Crippen molar-refractivity contribution < 1.29 is 32.6 Å². The Kier molecular flexibility index (Phi) is 8.49. The summed E-state index contributed by atoms with van der Waals surface area (Å²) in [5, 5.41) is 7.21. The Hall–Kier alpha value is -3.99. The minimum absolute atomic E-state index is 0.0219. The van der Waals surface area contributed by atoms with Crippen molar-refractivity contribution >= 4 is 17.7 Å². The van der Waals surface area contributed by atoms with Gasteiger partial charge in [0.15, 0.2) is 5.69 Å². The normalized spacial score (nSPS) is 15.8. The van der Waals surface area contributed by atoms with E-state index in [-0.39, 0.29) is 23.6 Å². The number of hydrogen-bond donors (Lipinski definition) is 1. The highest BCUT2D eigenvalue weighted by Gasteiger charge is 2.29. The second-order valence-electron chi connectivity index (χ2n) is 10.00. The van der Waals surface area contributed by atoms with Gasteiger partial charge >= 0.3 is 12.7 Å². The minimum Gasteiger partial charge on any atom is -0.444 e. The second kappa shape index (κ2) is 11.8. The van der Waals surface area contributed by atoms with E-state index < -0.39 is 18.1 Å². The molecule has 1 aliphatic heterocycles. The fraction of sp³-hybridized carbons (Fsp3) is 0.393. The molecule has 4 rings (SSSR count). The summed E-state index contributed by atoms with van der Waals surface area (Å²) in [6.07, 6.45) is -0.692. The molecular weight excluding hydrogens is 510 g/mol. The summed E-state index contributed by atoms with van der Waals surface area (Å²) >= 11 is 0. The fourth-order valence-electron chi connectivity index (χ4n) is 4.15. The Morgan fingerprint density at radius 2 is 1.90 bits per heavy atom. The Bertz CT molecular complexity index is 1300. The molecule has 3 aromatic rings. The largest absolute Gasteiger partial charge is 0.444 e. The van der Waals surface area contributed by atoms with Gasteiger partial charge in [0.05, 0.1) is 18.8 Å². The van der Waals surface area contributed by atoms with Gasteiger partial charge in [-0.15, -0.1) is 0 Å². The van der Waals surface area contributed by atoms with Crippen molar-refractivity contribution in [1.82, 2.24) is 14.7 Å². The number of halogens is 2. The number of nitrogens with one attached hydrogen (secondary N) is 1. The first-order chi connectivity index (χ1) is 18.5. The van der Waals surface area contributed by atoms with Crippen LogP contribution in [0.5, 0.6) is 5.75 Å². The summed E-state index contributed by atoms with van der Waals surface area (Å²) in [6, 6.07) is 15.0. The van der Waals surface area contributed by atoms with E-state index in [1.807, 2.05) is 39.8 Å². The van der Waals surface area contributed by atoms with Crippen LogP contribution in [0.3, 0.4) is 0 Å². The number of anilines is 1. The summed E-state index contributed by atoms with van der Waals surface area (Å²) in [6.45, 7) is 6.09. The fourth-order valence-corrected chi connectivity index (χ4v) is 4.15. The van der Waals surface area contributed by atoms with Gasteiger partial charge in [0.2, 0.25) is 0 Å². The molecule has 11 heteroatoms. The van der Waals surface area contributed by atoms with Gasteiger partial charge in [-0.05, 0) is 63.6 Å². The van der Waals surface area contributed by atoms with E-state index in [1.165, 1.54) is 12.1 Å². The molecule has 0 aliphatic carbocycles. The van der Waals surface area contributed by atoms with Gasteiger partial charge < -0.3 is 24.4 Å². The molecule has 0 radical (unpaired) electrons. The van der Waals surface area contributed by atoms with Gasteiger partial charge in [0, 0.05) is 24.3 Å². The summed E-state index contributed by atoms with van der Waals surface area (Å²) < 4.78 is 42.7. The maximum atomic E-state index is 13.0. The van der Waals surface area contributed by atoms with Gasteiger partial charge in [-0.25, -0.2) is 4.79 Å². The zero-order valence-electron chi connectivity index (χ0n) is 22.3. The molecule has 1 aromatic heterocycles. The van der Waals surface area contributed by atoms with E-state index in [1.54, 1.807) is 39.9 Å². The maximum Gasteiger partial charge on any atom is 0.410 e. The zero-order chi connectivity index (χ0) is 28.2. The molecule has 1 fully saturated rings. The molecule has 208 valence electrons. The van der Waals surface area contributed by atoms with Gasteiger partial charge in [-0.2, -0.15) is 13.9 Å². The number of carbonyl (C=O) groups is 2. The average molecular weight is 543 g/mol. The molecule has 1 saturated heterocycles. The first kappa shape index (κ1) is 28.0. The SMILES string of the molecule is CCn1nc(C(=O)Nc2ccc([C@H]3CN(C(=O)OC(C)(C)C)CCO3)cc2)cc1-c1cccc(OC(F)F)c1. The maximum absolute atomic E-state index is 13.0. The first-order valence-electron chi connectivity index (χ1n) is 12.7. The van der Waals surface area contributed by atoms with Gasteiger partial charge in [-0.3, -0.25) is 9.48 Å². The number of carbonyl (C=O) groups excluding carboxylic acids is 2. The molecule has 2 heterocycles. The minimum atomic E-state index is -2.93. The third-order valence-corrected chi connectivity index (χ3v) is 5.93. The van der Waals surface area contributed by atoms with Crippen LogP contribution in [0.25, 0.3) is 11.3 Å². The molecule has 0 saturated carbocycles. The number of ether oxygens (including phenoxy) is 3. The number of aromatic nitrogens is 2. The van der Waals surface area contributed by atoms with Crippen LogP contribution in [0, 0.1) is 0 Å². The third kappa shape index (κ3) is 7.32. The molecule has 0 bridgehead atoms. The van der Waals surface area contributed by atoms with Crippen molar-refractivity contribution in [3.05, 3.63) is 65.9 Å². The van der Waals surface area contributed by atoms with Crippen molar-refractivity contribution in [2.24, 2.45) is 0 Å². The van der Waals surface area contributed by atoms with Crippen LogP contribution in [0.1, 0.15) is 49.9 Å². The van der Waals surface area contributed by atoms with Crippen LogP contribution < -0.4 is 10.1 Å². The lowest BCUT2D eigenvalue weighted by molar-refractivity contribution is -0.0498. The van der Waals surface area contributed by atoms with Crippen LogP contribution in [0.15, 0.2) is 54.6 Å². The Morgan fingerprint density at radius 1 is 1.15 bits per heavy atom. The molecule has 1 atom stereocenters. The predicted molar refractivity (Wildman–Crippen MR) is 141 cm³/mol. The summed E-state index contributed by atoms with van der Waals surface area (Å²) in [4.78, 5) is 27.0. The lowest BCUT2D eigenvalue weighted by atomic mass is 10.1. The van der Waals surface area contributed by atoms with Crippen LogP contribution in [-0.4, -0.2) is 58.6 Å². The lowest BCUT2D eigenvalue weighted by Gasteiger charge is -2.34. The molecular formula is C28H32F2N4O5. The van der Waals surface area contributed by atoms with Gasteiger partial charge in [0.25, 0.3) is 5.91 Å². The van der Waals surface area contributed by atoms with E-state index in [0.717, 1.165) is 5.56 Å². The number of morpholine rings is 1. The number of hydrogen-bond acceptors (Lipinski definition) is 6. The third-order valence-electron chi connectivity index (χ3n) is 5.93. The topological polar surface area (TPSA) is 94.9 Å². The second-order valence-corrected chi connectivity index (χ2v) is 10.00. The summed E-state index contributed by atoms with van der Waals surface area (Å²) in [7, 11) is 0. The van der Waals surface area contributed by atoms with Crippen LogP contribution in [-0.2, 0) is 16.0 Å². The smallest absolute Gasteiger partial charge is 0.410 e. The molecule has 1 N–H and O–H groups in total. The van der Waals surface area contributed by atoms with Gasteiger partial charge in [0.1, 0.15) is 17.5 Å². The van der Waals surface area contributed by atoms with Crippen molar-refractivity contribution in [2.45, 2.75) is 52.6 Å². The van der Waals surface area contributed by atoms with E-state index >= 15 is 0 Å². The molecule has 39 heavy (non-hydrogen) atoms. The quantitative estimate of drug-likeness (QED) is 0.410.